The topological polar surface area (TPSA) is 70.3 Å². The molecule has 0 bridgehead atoms. The molecule has 2 aromatic carbocycles. The summed E-state index contributed by atoms with van der Waals surface area (Å²) in [5.74, 6) is -0.190. The Hall–Kier alpha value is -2.32. The van der Waals surface area contributed by atoms with Gasteiger partial charge in [-0.15, -0.1) is 0 Å². The number of carboxylic acid groups (broad SMARTS) is 1. The molecule has 19 heavy (non-hydrogen) atoms. The molecule has 0 heterocycles. The van der Waals surface area contributed by atoms with Crippen LogP contribution in [0.25, 0.3) is 0 Å². The molecule has 4 nitrogen and oxygen atoms in total. The average Bonchev–Trinajstić information content (AvgIpc) is 2.39. The molecule has 0 fully saturated rings. The molecule has 94 valence electrons. The van der Waals surface area contributed by atoms with Gasteiger partial charge in [0.05, 0.1) is 11.1 Å². The molecule has 0 aromatic heterocycles. The Balaban J connectivity index is 2.36. The van der Waals surface area contributed by atoms with Gasteiger partial charge >= 0.3 is 5.97 Å². The van der Waals surface area contributed by atoms with E-state index in [9.17, 15) is 4.79 Å². The van der Waals surface area contributed by atoms with Gasteiger partial charge in [0.2, 0.25) is 0 Å². The number of ether oxygens (including phenoxy) is 1. The number of carboxylic acids is 1. The van der Waals surface area contributed by atoms with Crippen molar-refractivity contribution in [2.24, 2.45) is 0 Å². The minimum Gasteiger partial charge on any atom is -0.478 e. The summed E-state index contributed by atoms with van der Waals surface area (Å²) in [5, 5.41) is 17.9. The molecule has 0 spiro atoms. The molecule has 0 saturated carbocycles. The first-order valence-corrected chi connectivity index (χ1v) is 6.10. The molecule has 0 saturated heterocycles. The monoisotopic (exact) mass is 317 g/mol. The van der Waals surface area contributed by atoms with E-state index in [1.807, 2.05) is 12.1 Å². The van der Waals surface area contributed by atoms with Gasteiger partial charge in [-0.25, -0.2) is 4.79 Å². The number of aromatic carboxylic acids is 1. The fraction of sp³-hybridized carbons (Fsp3) is 0. The quantitative estimate of drug-likeness (QED) is 0.934. The molecule has 0 radical (unpaired) electrons. The van der Waals surface area contributed by atoms with Gasteiger partial charge in [-0.3, -0.25) is 0 Å². The Bertz CT molecular complexity index is 677. The second-order valence-corrected chi connectivity index (χ2v) is 4.60. The van der Waals surface area contributed by atoms with Gasteiger partial charge in [0.1, 0.15) is 17.6 Å². The van der Waals surface area contributed by atoms with Crippen LogP contribution in [0.15, 0.2) is 46.9 Å². The van der Waals surface area contributed by atoms with Crippen molar-refractivity contribution in [2.45, 2.75) is 0 Å². The maximum atomic E-state index is 10.8. The van der Waals surface area contributed by atoms with Crippen molar-refractivity contribution in [3.8, 4) is 17.6 Å². The highest BCUT2D eigenvalue weighted by Crippen LogP contribution is 2.27. The first-order valence-electron chi connectivity index (χ1n) is 5.31. The zero-order valence-electron chi connectivity index (χ0n) is 9.63. The van der Waals surface area contributed by atoms with Crippen molar-refractivity contribution >= 4 is 21.9 Å². The number of halogens is 1. The average molecular weight is 318 g/mol. The zero-order chi connectivity index (χ0) is 13.8. The number of nitriles is 1. The van der Waals surface area contributed by atoms with Crippen LogP contribution in [-0.4, -0.2) is 11.1 Å². The second kappa shape index (κ2) is 5.55. The Morgan fingerprint density at radius 2 is 2.05 bits per heavy atom. The number of rotatable bonds is 3. The van der Waals surface area contributed by atoms with Crippen LogP contribution in [0.1, 0.15) is 15.9 Å². The third kappa shape index (κ3) is 3.12. The molecule has 5 heteroatoms. The first-order chi connectivity index (χ1) is 9.10. The van der Waals surface area contributed by atoms with Crippen molar-refractivity contribution < 1.29 is 14.6 Å². The molecule has 0 aliphatic heterocycles. The molecule has 1 N–H and O–H groups in total. The number of benzene rings is 2. The predicted octanol–water partition coefficient (Wildman–Crippen LogP) is 3.81. The van der Waals surface area contributed by atoms with Crippen LogP contribution in [0.5, 0.6) is 11.5 Å². The third-order valence-corrected chi connectivity index (χ3v) is 2.86. The van der Waals surface area contributed by atoms with Crippen molar-refractivity contribution in [2.75, 3.05) is 0 Å². The van der Waals surface area contributed by atoms with Crippen LogP contribution in [0.3, 0.4) is 0 Å². The molecule has 0 atom stereocenters. The van der Waals surface area contributed by atoms with Crippen LogP contribution in [0, 0.1) is 11.3 Å². The van der Waals surface area contributed by atoms with Crippen LogP contribution in [0.4, 0.5) is 0 Å². The number of hydrogen-bond donors (Lipinski definition) is 1. The Labute approximate surface area is 118 Å². The molecule has 0 aliphatic carbocycles. The van der Waals surface area contributed by atoms with Crippen LogP contribution in [0.2, 0.25) is 0 Å². The molecule has 2 aromatic rings. The maximum Gasteiger partial charge on any atom is 0.335 e. The minimum absolute atomic E-state index is 0.0538. The van der Waals surface area contributed by atoms with Crippen molar-refractivity contribution in [3.63, 3.8) is 0 Å². The van der Waals surface area contributed by atoms with Gasteiger partial charge < -0.3 is 9.84 Å². The maximum absolute atomic E-state index is 10.8. The highest BCUT2D eigenvalue weighted by atomic mass is 79.9. The smallest absolute Gasteiger partial charge is 0.335 e. The Morgan fingerprint density at radius 3 is 2.68 bits per heavy atom. The number of hydrogen-bond acceptors (Lipinski definition) is 3. The zero-order valence-corrected chi connectivity index (χ0v) is 11.2. The number of nitrogens with zero attached hydrogens (tertiary/aromatic N) is 1. The standard InChI is InChI=1S/C14H8BrNO3/c15-11-2-1-3-12(7-11)19-13-5-4-9(14(17)18)6-10(13)8-16/h1-7H,(H,17,18). The predicted molar refractivity (Wildman–Crippen MR) is 72.3 cm³/mol. The largest absolute Gasteiger partial charge is 0.478 e. The molecular weight excluding hydrogens is 310 g/mol. The summed E-state index contributed by atoms with van der Waals surface area (Å²) < 4.78 is 6.42. The lowest BCUT2D eigenvalue weighted by molar-refractivity contribution is 0.0697. The van der Waals surface area contributed by atoms with E-state index in [1.54, 1.807) is 18.2 Å². The minimum atomic E-state index is -1.08. The van der Waals surface area contributed by atoms with E-state index in [0.717, 1.165) is 4.47 Å². The van der Waals surface area contributed by atoms with Gasteiger partial charge in [-0.2, -0.15) is 5.26 Å². The van der Waals surface area contributed by atoms with E-state index < -0.39 is 5.97 Å². The molecule has 0 aliphatic rings. The summed E-state index contributed by atoms with van der Waals surface area (Å²) in [5.41, 5.74) is 0.234. The molecule has 0 unspecified atom stereocenters. The summed E-state index contributed by atoms with van der Waals surface area (Å²) >= 11 is 3.32. The van der Waals surface area contributed by atoms with Crippen LogP contribution >= 0.6 is 15.9 Å². The van der Waals surface area contributed by atoms with Crippen LogP contribution in [-0.2, 0) is 0 Å². The third-order valence-electron chi connectivity index (χ3n) is 2.37. The second-order valence-electron chi connectivity index (χ2n) is 3.69. The lowest BCUT2D eigenvalue weighted by Crippen LogP contribution is -1.98. The van der Waals surface area contributed by atoms with Gasteiger partial charge in [0, 0.05) is 4.47 Å². The summed E-state index contributed by atoms with van der Waals surface area (Å²) in [7, 11) is 0. The normalized spacial score (nSPS) is 9.68. The summed E-state index contributed by atoms with van der Waals surface area (Å²) in [4.78, 5) is 10.8. The summed E-state index contributed by atoms with van der Waals surface area (Å²) in [6.45, 7) is 0. The van der Waals surface area contributed by atoms with Crippen molar-refractivity contribution in [1.29, 1.82) is 5.26 Å². The Kier molecular flexibility index (Phi) is 3.83. The fourth-order valence-corrected chi connectivity index (χ4v) is 1.88. The van der Waals surface area contributed by atoms with E-state index in [1.165, 1.54) is 18.2 Å². The SMILES string of the molecule is N#Cc1cc(C(=O)O)ccc1Oc1cccc(Br)c1. The van der Waals surface area contributed by atoms with E-state index in [4.69, 9.17) is 15.1 Å². The van der Waals surface area contributed by atoms with E-state index in [2.05, 4.69) is 15.9 Å². The molecule has 0 amide bonds. The number of carbonyl (C=O) groups is 1. The van der Waals surface area contributed by atoms with E-state index in [-0.39, 0.29) is 11.1 Å². The Morgan fingerprint density at radius 1 is 1.26 bits per heavy atom. The van der Waals surface area contributed by atoms with Gasteiger partial charge in [0.25, 0.3) is 0 Å². The highest BCUT2D eigenvalue weighted by Gasteiger charge is 2.10. The van der Waals surface area contributed by atoms with Gasteiger partial charge in [-0.05, 0) is 36.4 Å². The molecular formula is C14H8BrNO3. The van der Waals surface area contributed by atoms with Gasteiger partial charge in [0.15, 0.2) is 0 Å². The summed E-state index contributed by atoms with van der Waals surface area (Å²) in [6.07, 6.45) is 0. The molecule has 2 rings (SSSR count). The van der Waals surface area contributed by atoms with Crippen molar-refractivity contribution in [3.05, 3.63) is 58.1 Å². The summed E-state index contributed by atoms with van der Waals surface area (Å²) in [6, 6.07) is 13.2. The highest BCUT2D eigenvalue weighted by molar-refractivity contribution is 9.10. The van der Waals surface area contributed by atoms with E-state index in [0.29, 0.717) is 11.5 Å². The van der Waals surface area contributed by atoms with Crippen LogP contribution < -0.4 is 4.74 Å². The fourth-order valence-electron chi connectivity index (χ4n) is 1.50. The van der Waals surface area contributed by atoms with E-state index >= 15 is 0 Å². The lowest BCUT2D eigenvalue weighted by Gasteiger charge is -2.08. The lowest BCUT2D eigenvalue weighted by atomic mass is 10.1. The van der Waals surface area contributed by atoms with Gasteiger partial charge in [-0.1, -0.05) is 22.0 Å². The van der Waals surface area contributed by atoms with Crippen molar-refractivity contribution in [1.82, 2.24) is 0 Å². The first kappa shape index (κ1) is 13.1.